The molecule has 2 aromatic rings. The molecule has 2 aromatic carbocycles. The summed E-state index contributed by atoms with van der Waals surface area (Å²) >= 11 is 1.12. The molecule has 32 heavy (non-hydrogen) atoms. The molecule has 8 nitrogen and oxygen atoms in total. The number of rotatable bonds is 12. The smallest absolute Gasteiger partial charge is 0.408 e. The fourth-order valence-electron chi connectivity index (χ4n) is 2.72. The monoisotopic (exact) mass is 459 g/mol. The average molecular weight is 460 g/mol. The number of aliphatic carboxylic acids is 1. The SMILES string of the molecule is CN(C)CCSC(NC(=O)[C@H](Cc1ccccc1)NC(=O)OCc1ccccc1)C(=O)O. The topological polar surface area (TPSA) is 108 Å². The molecule has 0 aliphatic carbocycles. The molecule has 0 spiro atoms. The first-order chi connectivity index (χ1) is 15.3. The van der Waals surface area contributed by atoms with Crippen molar-refractivity contribution in [2.75, 3.05) is 26.4 Å². The predicted octanol–water partition coefficient (Wildman–Crippen LogP) is 2.35. The van der Waals surface area contributed by atoms with Gasteiger partial charge in [-0.1, -0.05) is 60.7 Å². The van der Waals surface area contributed by atoms with Gasteiger partial charge >= 0.3 is 12.1 Å². The Balaban J connectivity index is 2.02. The lowest BCUT2D eigenvalue weighted by Gasteiger charge is -2.21. The van der Waals surface area contributed by atoms with E-state index in [4.69, 9.17) is 4.74 Å². The highest BCUT2D eigenvalue weighted by Gasteiger charge is 2.27. The van der Waals surface area contributed by atoms with Gasteiger partial charge in [0.15, 0.2) is 5.37 Å². The maximum Gasteiger partial charge on any atom is 0.408 e. The summed E-state index contributed by atoms with van der Waals surface area (Å²) in [4.78, 5) is 38.8. The van der Waals surface area contributed by atoms with Crippen LogP contribution in [0.1, 0.15) is 11.1 Å². The van der Waals surface area contributed by atoms with E-state index in [-0.39, 0.29) is 13.0 Å². The molecular formula is C23H29N3O5S. The van der Waals surface area contributed by atoms with Crippen molar-refractivity contribution in [2.24, 2.45) is 0 Å². The lowest BCUT2D eigenvalue weighted by atomic mass is 10.1. The minimum Gasteiger partial charge on any atom is -0.479 e. The van der Waals surface area contributed by atoms with Crippen LogP contribution in [0.2, 0.25) is 0 Å². The summed E-state index contributed by atoms with van der Waals surface area (Å²) in [5.41, 5.74) is 1.64. The third kappa shape index (κ3) is 9.40. The number of benzene rings is 2. The fraction of sp³-hybridized carbons (Fsp3) is 0.348. The van der Waals surface area contributed by atoms with E-state index in [0.29, 0.717) is 12.3 Å². The summed E-state index contributed by atoms with van der Waals surface area (Å²) in [6.07, 6.45) is -0.556. The number of carboxylic acid groups (broad SMARTS) is 1. The van der Waals surface area contributed by atoms with Crippen molar-refractivity contribution in [3.8, 4) is 0 Å². The first-order valence-electron chi connectivity index (χ1n) is 10.2. The van der Waals surface area contributed by atoms with E-state index in [9.17, 15) is 19.5 Å². The van der Waals surface area contributed by atoms with Gasteiger partial charge in [-0.15, -0.1) is 11.8 Å². The van der Waals surface area contributed by atoms with E-state index in [1.807, 2.05) is 79.7 Å². The summed E-state index contributed by atoms with van der Waals surface area (Å²) in [6.45, 7) is 0.728. The number of ether oxygens (including phenoxy) is 1. The van der Waals surface area contributed by atoms with E-state index in [1.54, 1.807) is 0 Å². The molecule has 0 saturated heterocycles. The molecule has 1 unspecified atom stereocenters. The molecule has 0 aliphatic rings. The Kier molecular flexibility index (Phi) is 10.6. The highest BCUT2D eigenvalue weighted by Crippen LogP contribution is 2.11. The van der Waals surface area contributed by atoms with Gasteiger partial charge in [0.1, 0.15) is 12.6 Å². The van der Waals surface area contributed by atoms with Gasteiger partial charge in [-0.3, -0.25) is 4.79 Å². The van der Waals surface area contributed by atoms with Gasteiger partial charge in [0.05, 0.1) is 0 Å². The molecule has 2 atom stereocenters. The van der Waals surface area contributed by atoms with Crippen LogP contribution >= 0.6 is 11.8 Å². The highest BCUT2D eigenvalue weighted by molar-refractivity contribution is 8.00. The molecule has 0 heterocycles. The van der Waals surface area contributed by atoms with Crippen LogP contribution in [0.15, 0.2) is 60.7 Å². The Labute approximate surface area is 192 Å². The Bertz CT molecular complexity index is 864. The minimum atomic E-state index is -1.15. The predicted molar refractivity (Wildman–Crippen MR) is 124 cm³/mol. The van der Waals surface area contributed by atoms with Gasteiger partial charge in [0.25, 0.3) is 0 Å². The average Bonchev–Trinajstić information content (AvgIpc) is 2.77. The molecule has 0 aromatic heterocycles. The number of carboxylic acids is 1. The van der Waals surface area contributed by atoms with Crippen molar-refractivity contribution in [1.82, 2.24) is 15.5 Å². The van der Waals surface area contributed by atoms with Crippen LogP contribution in [0.3, 0.4) is 0 Å². The standard InChI is InChI=1S/C23H29N3O5S/c1-26(2)13-14-32-21(22(28)29)25-20(27)19(15-17-9-5-3-6-10-17)24-23(30)31-16-18-11-7-4-8-12-18/h3-12,19,21H,13-16H2,1-2H3,(H,24,30)(H,25,27)(H,28,29)/t19-,21?/m0/s1. The number of thioether (sulfide) groups is 1. The van der Waals surface area contributed by atoms with Crippen molar-refractivity contribution in [3.63, 3.8) is 0 Å². The second-order valence-corrected chi connectivity index (χ2v) is 8.56. The number of amides is 2. The number of carbonyl (C=O) groups excluding carboxylic acids is 2. The maximum absolute atomic E-state index is 12.9. The van der Waals surface area contributed by atoms with Gasteiger partial charge in [0, 0.05) is 18.7 Å². The van der Waals surface area contributed by atoms with Crippen molar-refractivity contribution in [2.45, 2.75) is 24.4 Å². The second-order valence-electron chi connectivity index (χ2n) is 7.35. The molecule has 0 aliphatic heterocycles. The second kappa shape index (κ2) is 13.4. The van der Waals surface area contributed by atoms with E-state index in [2.05, 4.69) is 10.6 Å². The molecule has 0 bridgehead atoms. The largest absolute Gasteiger partial charge is 0.479 e. The molecule has 3 N–H and O–H groups in total. The quantitative estimate of drug-likeness (QED) is 0.418. The summed E-state index contributed by atoms with van der Waals surface area (Å²) in [5, 5.41) is 13.5. The van der Waals surface area contributed by atoms with Crippen molar-refractivity contribution >= 4 is 29.7 Å². The van der Waals surface area contributed by atoms with E-state index in [0.717, 1.165) is 22.9 Å². The van der Waals surface area contributed by atoms with Crippen LogP contribution in [-0.4, -0.2) is 65.8 Å². The molecular weight excluding hydrogens is 430 g/mol. The lowest BCUT2D eigenvalue weighted by molar-refractivity contribution is -0.139. The first kappa shape index (κ1) is 25.2. The zero-order valence-corrected chi connectivity index (χ0v) is 19.0. The number of carbonyl (C=O) groups is 3. The number of nitrogens with zero attached hydrogens (tertiary/aromatic N) is 1. The van der Waals surface area contributed by atoms with E-state index < -0.39 is 29.4 Å². The molecule has 2 rings (SSSR count). The minimum absolute atomic E-state index is 0.0600. The van der Waals surface area contributed by atoms with Crippen LogP contribution in [0.25, 0.3) is 0 Å². The third-order valence-electron chi connectivity index (χ3n) is 4.42. The van der Waals surface area contributed by atoms with Gasteiger partial charge in [-0.2, -0.15) is 0 Å². The van der Waals surface area contributed by atoms with Crippen LogP contribution < -0.4 is 10.6 Å². The maximum atomic E-state index is 12.9. The normalized spacial score (nSPS) is 12.6. The van der Waals surface area contributed by atoms with Crippen LogP contribution in [-0.2, 0) is 27.4 Å². The molecule has 0 fully saturated rings. The van der Waals surface area contributed by atoms with Gasteiger partial charge in [-0.25, -0.2) is 9.59 Å². The van der Waals surface area contributed by atoms with E-state index >= 15 is 0 Å². The van der Waals surface area contributed by atoms with Crippen LogP contribution in [0.5, 0.6) is 0 Å². The van der Waals surface area contributed by atoms with Crippen molar-refractivity contribution in [3.05, 3.63) is 71.8 Å². The Morgan fingerprint density at radius 3 is 2.12 bits per heavy atom. The number of nitrogens with one attached hydrogen (secondary N) is 2. The first-order valence-corrected chi connectivity index (χ1v) is 11.2. The molecule has 9 heteroatoms. The van der Waals surface area contributed by atoms with Gasteiger partial charge in [-0.05, 0) is 25.2 Å². The number of hydrogen-bond donors (Lipinski definition) is 3. The zero-order valence-electron chi connectivity index (χ0n) is 18.2. The number of alkyl carbamates (subject to hydrolysis) is 1. The van der Waals surface area contributed by atoms with Gasteiger partial charge < -0.3 is 25.4 Å². The summed E-state index contributed by atoms with van der Waals surface area (Å²) < 4.78 is 5.23. The summed E-state index contributed by atoms with van der Waals surface area (Å²) in [5.74, 6) is -1.21. The summed E-state index contributed by atoms with van der Waals surface area (Å²) in [7, 11) is 3.77. The van der Waals surface area contributed by atoms with Crippen molar-refractivity contribution < 1.29 is 24.2 Å². The fourth-order valence-corrected chi connectivity index (χ4v) is 3.77. The number of hydrogen-bond acceptors (Lipinski definition) is 6. The highest BCUT2D eigenvalue weighted by atomic mass is 32.2. The molecule has 172 valence electrons. The molecule has 0 radical (unpaired) electrons. The van der Waals surface area contributed by atoms with Crippen LogP contribution in [0, 0.1) is 0 Å². The zero-order chi connectivity index (χ0) is 23.3. The van der Waals surface area contributed by atoms with Crippen LogP contribution in [0.4, 0.5) is 4.79 Å². The van der Waals surface area contributed by atoms with E-state index in [1.165, 1.54) is 0 Å². The Morgan fingerprint density at radius 2 is 1.56 bits per heavy atom. The van der Waals surface area contributed by atoms with Crippen molar-refractivity contribution in [1.29, 1.82) is 0 Å². The Hall–Kier alpha value is -3.04. The third-order valence-corrected chi connectivity index (χ3v) is 5.50. The Morgan fingerprint density at radius 1 is 0.969 bits per heavy atom. The summed E-state index contributed by atoms with van der Waals surface area (Å²) in [6, 6.07) is 17.4. The molecule has 2 amide bonds. The van der Waals surface area contributed by atoms with Gasteiger partial charge in [0.2, 0.25) is 5.91 Å². The molecule has 0 saturated carbocycles. The lowest BCUT2D eigenvalue weighted by Crippen LogP contribution is -2.51.